The van der Waals surface area contributed by atoms with Crippen LogP contribution in [0, 0.1) is 10.8 Å². The molecule has 1 heterocycles. The maximum atomic E-state index is 12.2. The molecule has 1 saturated heterocycles. The van der Waals surface area contributed by atoms with Gasteiger partial charge in [-0.25, -0.2) is 4.79 Å². The molecule has 108 valence electrons. The van der Waals surface area contributed by atoms with Crippen molar-refractivity contribution in [1.82, 2.24) is 0 Å². The van der Waals surface area contributed by atoms with E-state index in [2.05, 4.69) is 4.74 Å². The van der Waals surface area contributed by atoms with Gasteiger partial charge in [-0.15, -0.1) is 0 Å². The van der Waals surface area contributed by atoms with Crippen LogP contribution in [0.5, 0.6) is 0 Å². The van der Waals surface area contributed by atoms with Crippen molar-refractivity contribution in [1.29, 1.82) is 0 Å². The molecule has 0 aromatic heterocycles. The first-order chi connectivity index (χ1) is 8.61. The fourth-order valence-corrected chi connectivity index (χ4v) is 1.64. The SMILES string of the molecule is COC(=O)/C=C/[C@]1(C)C(=O)O[C@@H](C(C)(C)C)O[C@H]1C. The van der Waals surface area contributed by atoms with Crippen LogP contribution in [0.4, 0.5) is 0 Å². The van der Waals surface area contributed by atoms with Crippen molar-refractivity contribution >= 4 is 11.9 Å². The van der Waals surface area contributed by atoms with E-state index in [1.165, 1.54) is 19.3 Å². The van der Waals surface area contributed by atoms with Gasteiger partial charge >= 0.3 is 11.9 Å². The summed E-state index contributed by atoms with van der Waals surface area (Å²) in [6, 6.07) is 0. The summed E-state index contributed by atoms with van der Waals surface area (Å²) in [6.45, 7) is 9.28. The number of carbonyl (C=O) groups is 2. The highest BCUT2D eigenvalue weighted by Crippen LogP contribution is 2.38. The zero-order valence-electron chi connectivity index (χ0n) is 12.4. The maximum absolute atomic E-state index is 12.2. The van der Waals surface area contributed by atoms with E-state index in [1.54, 1.807) is 13.8 Å². The van der Waals surface area contributed by atoms with E-state index >= 15 is 0 Å². The molecule has 1 aliphatic heterocycles. The molecule has 0 radical (unpaired) electrons. The van der Waals surface area contributed by atoms with Crippen LogP contribution in [-0.4, -0.2) is 31.4 Å². The largest absolute Gasteiger partial charge is 0.466 e. The van der Waals surface area contributed by atoms with Gasteiger partial charge in [0.2, 0.25) is 6.29 Å². The van der Waals surface area contributed by atoms with Crippen molar-refractivity contribution in [2.24, 2.45) is 10.8 Å². The van der Waals surface area contributed by atoms with Gasteiger partial charge in [0.15, 0.2) is 0 Å². The van der Waals surface area contributed by atoms with Crippen LogP contribution in [0.1, 0.15) is 34.6 Å². The molecule has 0 aromatic rings. The lowest BCUT2D eigenvalue weighted by Gasteiger charge is -2.43. The van der Waals surface area contributed by atoms with Crippen molar-refractivity contribution in [2.45, 2.75) is 47.0 Å². The van der Waals surface area contributed by atoms with E-state index < -0.39 is 23.6 Å². The summed E-state index contributed by atoms with van der Waals surface area (Å²) in [7, 11) is 1.28. The third-order valence-corrected chi connectivity index (χ3v) is 3.30. The zero-order chi connectivity index (χ0) is 14.8. The minimum atomic E-state index is -0.990. The molecule has 1 aliphatic rings. The Hall–Kier alpha value is -1.36. The van der Waals surface area contributed by atoms with E-state index in [4.69, 9.17) is 9.47 Å². The normalized spacial score (nSPS) is 32.2. The van der Waals surface area contributed by atoms with Crippen LogP contribution < -0.4 is 0 Å². The highest BCUT2D eigenvalue weighted by molar-refractivity contribution is 5.85. The number of hydrogen-bond donors (Lipinski definition) is 0. The van der Waals surface area contributed by atoms with Crippen LogP contribution in [0.2, 0.25) is 0 Å². The van der Waals surface area contributed by atoms with Crippen molar-refractivity contribution in [2.75, 3.05) is 7.11 Å². The lowest BCUT2D eigenvalue weighted by atomic mass is 9.82. The lowest BCUT2D eigenvalue weighted by molar-refractivity contribution is -0.263. The molecule has 0 spiro atoms. The Morgan fingerprint density at radius 3 is 2.42 bits per heavy atom. The molecule has 3 atom stereocenters. The number of cyclic esters (lactones) is 1. The van der Waals surface area contributed by atoms with E-state index in [9.17, 15) is 9.59 Å². The Kier molecular flexibility index (Phi) is 4.40. The molecule has 0 aromatic carbocycles. The molecule has 0 amide bonds. The number of methoxy groups -OCH3 is 1. The van der Waals surface area contributed by atoms with E-state index in [0.717, 1.165) is 0 Å². The summed E-state index contributed by atoms with van der Waals surface area (Å²) in [5.41, 5.74) is -1.28. The Morgan fingerprint density at radius 2 is 2.00 bits per heavy atom. The van der Waals surface area contributed by atoms with E-state index in [-0.39, 0.29) is 11.5 Å². The van der Waals surface area contributed by atoms with Gasteiger partial charge in [0.05, 0.1) is 13.2 Å². The van der Waals surface area contributed by atoms with Gasteiger partial charge in [0.25, 0.3) is 0 Å². The first-order valence-electron chi connectivity index (χ1n) is 6.25. The summed E-state index contributed by atoms with van der Waals surface area (Å²) in [5.74, 6) is -0.912. The molecule has 0 saturated carbocycles. The molecule has 0 bridgehead atoms. The van der Waals surface area contributed by atoms with Crippen LogP contribution in [0.15, 0.2) is 12.2 Å². The highest BCUT2D eigenvalue weighted by Gasteiger charge is 2.48. The Balaban J connectivity index is 2.91. The summed E-state index contributed by atoms with van der Waals surface area (Å²) < 4.78 is 15.6. The number of esters is 2. The number of carbonyl (C=O) groups excluding carboxylic acids is 2. The average molecular weight is 270 g/mol. The standard InChI is InChI=1S/C14H22O5/c1-9-14(5,8-7-10(15)17-6)11(16)19-12(18-9)13(2,3)4/h7-9,12H,1-6H3/b8-7+/t9-,12-,14-/m0/s1. The molecule has 1 fully saturated rings. The quantitative estimate of drug-likeness (QED) is 0.567. The minimum absolute atomic E-state index is 0.294. The predicted octanol–water partition coefficient (Wildman–Crippen LogP) is 2.06. The van der Waals surface area contributed by atoms with Crippen LogP contribution >= 0.6 is 0 Å². The second kappa shape index (κ2) is 5.33. The van der Waals surface area contributed by atoms with Gasteiger partial charge < -0.3 is 14.2 Å². The predicted molar refractivity (Wildman–Crippen MR) is 69.1 cm³/mol. The molecule has 19 heavy (non-hydrogen) atoms. The molecule has 1 rings (SSSR count). The lowest BCUT2D eigenvalue weighted by Crippen LogP contribution is -2.52. The van der Waals surface area contributed by atoms with Crippen LogP contribution in [0.3, 0.4) is 0 Å². The van der Waals surface area contributed by atoms with Gasteiger partial charge in [-0.3, -0.25) is 4.79 Å². The molecule has 5 heteroatoms. The van der Waals surface area contributed by atoms with E-state index in [1.807, 2.05) is 20.8 Å². The first-order valence-corrected chi connectivity index (χ1v) is 6.25. The Labute approximate surface area is 113 Å². The van der Waals surface area contributed by atoms with Crippen molar-refractivity contribution < 1.29 is 23.8 Å². The van der Waals surface area contributed by atoms with Crippen LogP contribution in [0.25, 0.3) is 0 Å². The molecular weight excluding hydrogens is 248 g/mol. The minimum Gasteiger partial charge on any atom is -0.466 e. The summed E-state index contributed by atoms with van der Waals surface area (Å²) in [6.07, 6.45) is 1.72. The third kappa shape index (κ3) is 3.35. The zero-order valence-corrected chi connectivity index (χ0v) is 12.4. The monoisotopic (exact) mass is 270 g/mol. The first kappa shape index (κ1) is 15.7. The van der Waals surface area contributed by atoms with Gasteiger partial charge in [-0.1, -0.05) is 26.8 Å². The van der Waals surface area contributed by atoms with Crippen molar-refractivity contribution in [3.63, 3.8) is 0 Å². The third-order valence-electron chi connectivity index (χ3n) is 3.30. The van der Waals surface area contributed by atoms with Gasteiger partial charge in [-0.2, -0.15) is 0 Å². The molecule has 0 aliphatic carbocycles. The second-order valence-electron chi connectivity index (χ2n) is 6.02. The average Bonchev–Trinajstić information content (AvgIpc) is 2.31. The molecular formula is C14H22O5. The van der Waals surface area contributed by atoms with Gasteiger partial charge in [0.1, 0.15) is 5.41 Å². The van der Waals surface area contributed by atoms with Gasteiger partial charge in [0, 0.05) is 11.5 Å². The topological polar surface area (TPSA) is 61.8 Å². The summed E-state index contributed by atoms with van der Waals surface area (Å²) >= 11 is 0. The fourth-order valence-electron chi connectivity index (χ4n) is 1.64. The summed E-state index contributed by atoms with van der Waals surface area (Å²) in [4.78, 5) is 23.3. The number of hydrogen-bond acceptors (Lipinski definition) is 5. The smallest absolute Gasteiger partial charge is 0.330 e. The van der Waals surface area contributed by atoms with Gasteiger partial charge in [-0.05, 0) is 13.8 Å². The highest BCUT2D eigenvalue weighted by atomic mass is 16.7. The fraction of sp³-hybridized carbons (Fsp3) is 0.714. The Morgan fingerprint density at radius 1 is 1.42 bits per heavy atom. The van der Waals surface area contributed by atoms with Crippen molar-refractivity contribution in [3.05, 3.63) is 12.2 Å². The maximum Gasteiger partial charge on any atom is 0.330 e. The van der Waals surface area contributed by atoms with Crippen LogP contribution in [-0.2, 0) is 23.8 Å². The molecule has 0 unspecified atom stereocenters. The Bertz CT molecular complexity index is 393. The number of rotatable bonds is 2. The number of ether oxygens (including phenoxy) is 3. The molecule has 0 N–H and O–H groups in total. The van der Waals surface area contributed by atoms with Crippen molar-refractivity contribution in [3.8, 4) is 0 Å². The second-order valence-corrected chi connectivity index (χ2v) is 6.02. The van der Waals surface area contributed by atoms with E-state index in [0.29, 0.717) is 0 Å². The summed E-state index contributed by atoms with van der Waals surface area (Å²) in [5, 5.41) is 0. The molecule has 5 nitrogen and oxygen atoms in total.